The molecule has 1 fully saturated rings. The van der Waals surface area contributed by atoms with E-state index >= 15 is 0 Å². The molecule has 4 rings (SSSR count). The van der Waals surface area contributed by atoms with Crippen molar-refractivity contribution in [2.45, 2.75) is 25.2 Å². The maximum Gasteiger partial charge on any atom is 0.235 e. The lowest BCUT2D eigenvalue weighted by atomic mass is 9.92. The molecule has 3 aromatic rings. The average Bonchev–Trinajstić information content (AvgIpc) is 3.32. The minimum Gasteiger partial charge on any atom is -0.358 e. The molecule has 4 nitrogen and oxygen atoms in total. The van der Waals surface area contributed by atoms with Crippen LogP contribution in [-0.4, -0.2) is 10.9 Å². The Kier molecular flexibility index (Phi) is 3.17. The first kappa shape index (κ1) is 14.5. The molecule has 1 heterocycles. The summed E-state index contributed by atoms with van der Waals surface area (Å²) in [5.74, 6) is -0.0296. The molecule has 1 saturated carbocycles. The molecule has 1 aliphatic carbocycles. The zero-order valence-electron chi connectivity index (χ0n) is 13.4. The fraction of sp³-hybridized carbons (Fsp3) is 0.200. The second-order valence-corrected chi connectivity index (χ2v) is 6.36. The molecule has 1 aromatic heterocycles. The number of nitriles is 1. The molecule has 0 atom stereocenters. The molecule has 0 radical (unpaired) electrons. The van der Waals surface area contributed by atoms with Crippen molar-refractivity contribution >= 4 is 22.5 Å². The number of anilines is 1. The first-order chi connectivity index (χ1) is 11.7. The Morgan fingerprint density at radius 3 is 2.62 bits per heavy atom. The number of aromatic nitrogens is 1. The molecule has 0 unspecified atom stereocenters. The summed E-state index contributed by atoms with van der Waals surface area (Å²) in [6.07, 6.45) is 1.66. The van der Waals surface area contributed by atoms with Gasteiger partial charge in [0.2, 0.25) is 5.91 Å². The standard InChI is InChI=1S/C20H17N3O/c1-13-18(15-7-3-5-9-17(15)22-13)20(10-11-20)19(24)23-16-8-4-2-6-14(16)12-21/h2-9,22H,10-11H2,1H3,(H,23,24). The maximum absolute atomic E-state index is 13.0. The number of hydrogen-bond donors (Lipinski definition) is 2. The van der Waals surface area contributed by atoms with Gasteiger partial charge in [0.1, 0.15) is 6.07 Å². The summed E-state index contributed by atoms with van der Waals surface area (Å²) < 4.78 is 0. The predicted octanol–water partition coefficient (Wildman–Crippen LogP) is 4.02. The van der Waals surface area contributed by atoms with Crippen LogP contribution < -0.4 is 5.32 Å². The van der Waals surface area contributed by atoms with E-state index < -0.39 is 5.41 Å². The van der Waals surface area contributed by atoms with Gasteiger partial charge in [0.05, 0.1) is 16.7 Å². The van der Waals surface area contributed by atoms with Crippen molar-refractivity contribution in [3.8, 4) is 6.07 Å². The van der Waals surface area contributed by atoms with Crippen molar-refractivity contribution in [3.05, 3.63) is 65.4 Å². The molecule has 0 saturated heterocycles. The van der Waals surface area contributed by atoms with Crippen molar-refractivity contribution in [2.75, 3.05) is 5.32 Å². The first-order valence-corrected chi connectivity index (χ1v) is 8.04. The van der Waals surface area contributed by atoms with Crippen LogP contribution in [0.15, 0.2) is 48.5 Å². The van der Waals surface area contributed by atoms with Crippen molar-refractivity contribution in [3.63, 3.8) is 0 Å². The van der Waals surface area contributed by atoms with Gasteiger partial charge in [0, 0.05) is 16.6 Å². The number of amides is 1. The summed E-state index contributed by atoms with van der Waals surface area (Å²) in [7, 11) is 0. The second-order valence-electron chi connectivity index (χ2n) is 6.36. The van der Waals surface area contributed by atoms with E-state index in [0.717, 1.165) is 35.0 Å². The van der Waals surface area contributed by atoms with Gasteiger partial charge in [-0.05, 0) is 43.5 Å². The Labute approximate surface area is 140 Å². The van der Waals surface area contributed by atoms with E-state index in [1.165, 1.54) is 0 Å². The summed E-state index contributed by atoms with van der Waals surface area (Å²) >= 11 is 0. The number of para-hydroxylation sites is 2. The number of aromatic amines is 1. The molecular weight excluding hydrogens is 298 g/mol. The van der Waals surface area contributed by atoms with Crippen molar-refractivity contribution < 1.29 is 4.79 Å². The van der Waals surface area contributed by atoms with E-state index in [9.17, 15) is 10.1 Å². The highest BCUT2D eigenvalue weighted by atomic mass is 16.2. The van der Waals surface area contributed by atoms with Gasteiger partial charge in [0.25, 0.3) is 0 Å². The molecule has 1 aliphatic rings. The highest BCUT2D eigenvalue weighted by Gasteiger charge is 2.53. The van der Waals surface area contributed by atoms with Gasteiger partial charge in [-0.2, -0.15) is 5.26 Å². The molecule has 118 valence electrons. The number of H-pyrrole nitrogens is 1. The van der Waals surface area contributed by atoms with Crippen LogP contribution >= 0.6 is 0 Å². The molecule has 0 spiro atoms. The highest BCUT2D eigenvalue weighted by Crippen LogP contribution is 2.52. The van der Waals surface area contributed by atoms with Gasteiger partial charge in [-0.15, -0.1) is 0 Å². The lowest BCUT2D eigenvalue weighted by Crippen LogP contribution is -2.28. The van der Waals surface area contributed by atoms with Crippen molar-refractivity contribution in [1.29, 1.82) is 5.26 Å². The number of carbonyl (C=O) groups is 1. The summed E-state index contributed by atoms with van der Waals surface area (Å²) in [6.45, 7) is 2.02. The monoisotopic (exact) mass is 315 g/mol. The Morgan fingerprint density at radius 1 is 1.17 bits per heavy atom. The molecule has 4 heteroatoms. The molecule has 0 aliphatic heterocycles. The molecular formula is C20H17N3O. The number of nitrogens with zero attached hydrogens (tertiary/aromatic N) is 1. The van der Waals surface area contributed by atoms with E-state index in [2.05, 4.69) is 22.4 Å². The van der Waals surface area contributed by atoms with Gasteiger partial charge >= 0.3 is 0 Å². The van der Waals surface area contributed by atoms with E-state index in [-0.39, 0.29) is 5.91 Å². The summed E-state index contributed by atoms with van der Waals surface area (Å²) in [6, 6.07) is 17.3. The number of benzene rings is 2. The quantitative estimate of drug-likeness (QED) is 0.766. The number of aryl methyl sites for hydroxylation is 1. The zero-order valence-corrected chi connectivity index (χ0v) is 13.4. The van der Waals surface area contributed by atoms with Gasteiger partial charge in [-0.3, -0.25) is 4.79 Å². The third kappa shape index (κ3) is 2.10. The minimum absolute atomic E-state index is 0.0296. The normalized spacial score (nSPS) is 15.0. The number of carbonyl (C=O) groups excluding carboxylic acids is 1. The smallest absolute Gasteiger partial charge is 0.235 e. The van der Waals surface area contributed by atoms with Gasteiger partial charge in [-0.25, -0.2) is 0 Å². The Morgan fingerprint density at radius 2 is 1.88 bits per heavy atom. The number of rotatable bonds is 3. The van der Waals surface area contributed by atoms with E-state index in [1.54, 1.807) is 18.2 Å². The van der Waals surface area contributed by atoms with Gasteiger partial charge in [-0.1, -0.05) is 30.3 Å². The first-order valence-electron chi connectivity index (χ1n) is 8.04. The highest BCUT2D eigenvalue weighted by molar-refractivity contribution is 6.05. The molecule has 24 heavy (non-hydrogen) atoms. The van der Waals surface area contributed by atoms with Crippen LogP contribution in [-0.2, 0) is 10.2 Å². The Balaban J connectivity index is 1.74. The van der Waals surface area contributed by atoms with Gasteiger partial charge in [0.15, 0.2) is 0 Å². The minimum atomic E-state index is -0.494. The lowest BCUT2D eigenvalue weighted by molar-refractivity contribution is -0.118. The second kappa shape index (κ2) is 5.24. The lowest BCUT2D eigenvalue weighted by Gasteiger charge is -2.17. The van der Waals surface area contributed by atoms with Crippen LogP contribution in [0.5, 0.6) is 0 Å². The third-order valence-corrected chi connectivity index (χ3v) is 4.85. The maximum atomic E-state index is 13.0. The number of fused-ring (bicyclic) bond motifs is 1. The molecule has 2 N–H and O–H groups in total. The Hall–Kier alpha value is -3.06. The van der Waals surface area contributed by atoms with Crippen LogP contribution in [0, 0.1) is 18.3 Å². The van der Waals surface area contributed by atoms with Crippen LogP contribution in [0.4, 0.5) is 5.69 Å². The third-order valence-electron chi connectivity index (χ3n) is 4.85. The average molecular weight is 315 g/mol. The van der Waals surface area contributed by atoms with E-state index in [1.807, 2.05) is 31.2 Å². The molecule has 2 aromatic carbocycles. The molecule has 0 bridgehead atoms. The zero-order chi connectivity index (χ0) is 16.7. The molecule has 1 amide bonds. The number of nitrogens with one attached hydrogen (secondary N) is 2. The largest absolute Gasteiger partial charge is 0.358 e. The summed E-state index contributed by atoms with van der Waals surface area (Å²) in [4.78, 5) is 16.4. The van der Waals surface area contributed by atoms with Crippen LogP contribution in [0.1, 0.15) is 29.7 Å². The topological polar surface area (TPSA) is 68.7 Å². The summed E-state index contributed by atoms with van der Waals surface area (Å²) in [5.41, 5.74) is 3.75. The van der Waals surface area contributed by atoms with Crippen LogP contribution in [0.2, 0.25) is 0 Å². The Bertz CT molecular complexity index is 990. The predicted molar refractivity (Wildman–Crippen MR) is 93.7 cm³/mol. The SMILES string of the molecule is Cc1[nH]c2ccccc2c1C1(C(=O)Nc2ccccc2C#N)CC1. The van der Waals surface area contributed by atoms with Crippen molar-refractivity contribution in [2.24, 2.45) is 0 Å². The fourth-order valence-electron chi connectivity index (χ4n) is 3.54. The van der Waals surface area contributed by atoms with E-state index in [4.69, 9.17) is 0 Å². The number of hydrogen-bond acceptors (Lipinski definition) is 2. The van der Waals surface area contributed by atoms with E-state index in [0.29, 0.717) is 11.3 Å². The van der Waals surface area contributed by atoms with Crippen molar-refractivity contribution in [1.82, 2.24) is 4.98 Å². The van der Waals surface area contributed by atoms with Crippen LogP contribution in [0.25, 0.3) is 10.9 Å². The van der Waals surface area contributed by atoms with Crippen LogP contribution in [0.3, 0.4) is 0 Å². The fourth-order valence-corrected chi connectivity index (χ4v) is 3.54. The van der Waals surface area contributed by atoms with Gasteiger partial charge < -0.3 is 10.3 Å². The summed E-state index contributed by atoms with van der Waals surface area (Å²) in [5, 5.41) is 13.3.